The lowest BCUT2D eigenvalue weighted by Gasteiger charge is -2.29. The number of rotatable bonds is 6. The minimum atomic E-state index is -0.238. The maximum atomic E-state index is 2.43. The zero-order chi connectivity index (χ0) is 35.5. The summed E-state index contributed by atoms with van der Waals surface area (Å²) in [4.78, 5) is 4.78. The molecule has 9 aromatic carbocycles. The number of fused-ring (bicyclic) bond motifs is 9. The van der Waals surface area contributed by atoms with Gasteiger partial charge in [0.05, 0.1) is 5.69 Å². The first kappa shape index (κ1) is 31.1. The van der Waals surface area contributed by atoms with Crippen molar-refractivity contribution in [2.75, 3.05) is 9.80 Å². The Hall–Kier alpha value is -6.64. The van der Waals surface area contributed by atoms with Gasteiger partial charge in [-0.1, -0.05) is 141 Å². The second kappa shape index (κ2) is 12.3. The first-order valence-corrected chi connectivity index (χ1v) is 18.4. The predicted molar refractivity (Wildman–Crippen MR) is 226 cm³/mol. The van der Waals surface area contributed by atoms with Crippen molar-refractivity contribution in [3.05, 3.63) is 205 Å². The average molecular weight is 679 g/mol. The van der Waals surface area contributed by atoms with E-state index in [1.54, 1.807) is 0 Å². The Morgan fingerprint density at radius 1 is 0.358 bits per heavy atom. The SMILES string of the molecule is CC1(C)c2cc(N(c3ccccc3)c3ccccc3)ccc2-c2c1c1ccc(N(c3ccccc3)c3cccc4ccccc34)cc1c1ccccc21. The minimum Gasteiger partial charge on any atom is -0.310 e. The Kier molecular flexibility index (Phi) is 7.19. The molecule has 0 unspecified atom stereocenters. The average Bonchev–Trinajstić information content (AvgIpc) is 3.45. The normalized spacial score (nSPS) is 12.9. The molecule has 1 aliphatic rings. The quantitative estimate of drug-likeness (QED) is 0.162. The van der Waals surface area contributed by atoms with Crippen LogP contribution in [0.25, 0.3) is 43.4 Å². The van der Waals surface area contributed by atoms with Crippen molar-refractivity contribution in [3.63, 3.8) is 0 Å². The van der Waals surface area contributed by atoms with Crippen LogP contribution >= 0.6 is 0 Å². The summed E-state index contributed by atoms with van der Waals surface area (Å²) in [5.74, 6) is 0. The van der Waals surface area contributed by atoms with Gasteiger partial charge in [-0.2, -0.15) is 0 Å². The van der Waals surface area contributed by atoms with E-state index in [0.29, 0.717) is 0 Å². The van der Waals surface area contributed by atoms with Crippen molar-refractivity contribution in [3.8, 4) is 11.1 Å². The summed E-state index contributed by atoms with van der Waals surface area (Å²) in [6.07, 6.45) is 0. The highest BCUT2D eigenvalue weighted by molar-refractivity contribution is 6.19. The molecule has 0 atom stereocenters. The third kappa shape index (κ3) is 4.94. The van der Waals surface area contributed by atoms with Crippen molar-refractivity contribution in [2.45, 2.75) is 19.3 Å². The molecule has 0 aromatic heterocycles. The first-order valence-electron chi connectivity index (χ1n) is 18.4. The Labute approximate surface area is 310 Å². The predicted octanol–water partition coefficient (Wildman–Crippen LogP) is 14.4. The highest BCUT2D eigenvalue weighted by atomic mass is 15.1. The Morgan fingerprint density at radius 3 is 1.57 bits per heavy atom. The van der Waals surface area contributed by atoms with Gasteiger partial charge in [0.15, 0.2) is 0 Å². The molecule has 1 aliphatic carbocycles. The number of benzene rings is 9. The van der Waals surface area contributed by atoms with Crippen molar-refractivity contribution in [1.29, 1.82) is 0 Å². The summed E-state index contributed by atoms with van der Waals surface area (Å²) >= 11 is 0. The van der Waals surface area contributed by atoms with Crippen molar-refractivity contribution in [1.82, 2.24) is 0 Å². The third-order valence-electron chi connectivity index (χ3n) is 11.1. The van der Waals surface area contributed by atoms with Gasteiger partial charge in [0.25, 0.3) is 0 Å². The van der Waals surface area contributed by atoms with E-state index in [-0.39, 0.29) is 5.41 Å². The fourth-order valence-corrected chi connectivity index (χ4v) is 8.80. The summed E-state index contributed by atoms with van der Waals surface area (Å²) in [5, 5.41) is 7.61. The third-order valence-corrected chi connectivity index (χ3v) is 11.1. The molecular formula is C51H38N2. The largest absolute Gasteiger partial charge is 0.310 e. The standard InChI is InChI=1S/C51H38N2/c1-51(2)47-34-40(52(36-19-6-3-7-20-36)37-21-8-4-9-22-37)30-32-45(47)49-43-27-15-14-26-42(43)46-33-39(29-31-44(46)50(49)51)53(38-23-10-5-11-24-38)48-28-16-18-35-17-12-13-25-41(35)48/h3-34H,1-2H3. The van der Waals surface area contributed by atoms with Gasteiger partial charge < -0.3 is 9.80 Å². The molecule has 10 rings (SSSR count). The summed E-state index contributed by atoms with van der Waals surface area (Å²) in [6, 6.07) is 70.6. The zero-order valence-corrected chi connectivity index (χ0v) is 29.9. The van der Waals surface area contributed by atoms with Crippen LogP contribution in [0.4, 0.5) is 34.1 Å². The number of anilines is 6. The molecule has 0 heterocycles. The molecule has 0 saturated carbocycles. The van der Waals surface area contributed by atoms with Gasteiger partial charge in [-0.15, -0.1) is 0 Å². The van der Waals surface area contributed by atoms with E-state index in [9.17, 15) is 0 Å². The molecule has 0 radical (unpaired) electrons. The Balaban J connectivity index is 1.19. The number of nitrogens with zero attached hydrogens (tertiary/aromatic N) is 2. The Bertz CT molecular complexity index is 2760. The fraction of sp³-hybridized carbons (Fsp3) is 0.0588. The van der Waals surface area contributed by atoms with Gasteiger partial charge in [0, 0.05) is 39.2 Å². The molecule has 2 heteroatoms. The zero-order valence-electron chi connectivity index (χ0n) is 29.9. The molecule has 0 amide bonds. The van der Waals surface area contributed by atoms with Crippen LogP contribution in [-0.2, 0) is 5.41 Å². The molecule has 53 heavy (non-hydrogen) atoms. The van der Waals surface area contributed by atoms with Gasteiger partial charge in [-0.3, -0.25) is 0 Å². The minimum absolute atomic E-state index is 0.238. The maximum absolute atomic E-state index is 2.43. The lowest BCUT2D eigenvalue weighted by molar-refractivity contribution is 0.666. The van der Waals surface area contributed by atoms with E-state index in [2.05, 4.69) is 218 Å². The van der Waals surface area contributed by atoms with E-state index in [0.717, 1.165) is 28.4 Å². The molecule has 0 bridgehead atoms. The van der Waals surface area contributed by atoms with Crippen LogP contribution in [0.3, 0.4) is 0 Å². The highest BCUT2D eigenvalue weighted by Gasteiger charge is 2.39. The van der Waals surface area contributed by atoms with Gasteiger partial charge >= 0.3 is 0 Å². The second-order valence-electron chi connectivity index (χ2n) is 14.6. The molecule has 252 valence electrons. The van der Waals surface area contributed by atoms with Crippen LogP contribution < -0.4 is 9.80 Å². The molecule has 0 N–H and O–H groups in total. The summed E-state index contributed by atoms with van der Waals surface area (Å²) in [7, 11) is 0. The van der Waals surface area contributed by atoms with Crippen LogP contribution in [0.5, 0.6) is 0 Å². The fourth-order valence-electron chi connectivity index (χ4n) is 8.80. The molecule has 0 aliphatic heterocycles. The number of para-hydroxylation sites is 3. The monoisotopic (exact) mass is 678 g/mol. The van der Waals surface area contributed by atoms with Gasteiger partial charge in [0.2, 0.25) is 0 Å². The summed E-state index contributed by atoms with van der Waals surface area (Å²) in [6.45, 7) is 4.82. The van der Waals surface area contributed by atoms with Crippen LogP contribution in [0.1, 0.15) is 25.0 Å². The van der Waals surface area contributed by atoms with Crippen molar-refractivity contribution < 1.29 is 0 Å². The van der Waals surface area contributed by atoms with Gasteiger partial charge in [0.1, 0.15) is 0 Å². The summed E-state index contributed by atoms with van der Waals surface area (Å²) in [5.41, 5.74) is 12.1. The number of hydrogen-bond acceptors (Lipinski definition) is 2. The molecule has 9 aromatic rings. The molecule has 0 saturated heterocycles. The molecule has 0 fully saturated rings. The molecule has 0 spiro atoms. The van der Waals surface area contributed by atoms with E-state index in [1.165, 1.54) is 60.3 Å². The van der Waals surface area contributed by atoms with E-state index in [1.807, 2.05) is 0 Å². The lowest BCUT2D eigenvalue weighted by Crippen LogP contribution is -2.17. The van der Waals surface area contributed by atoms with Crippen molar-refractivity contribution in [2.24, 2.45) is 0 Å². The molecule has 2 nitrogen and oxygen atoms in total. The van der Waals surface area contributed by atoms with E-state index < -0.39 is 0 Å². The highest BCUT2D eigenvalue weighted by Crippen LogP contribution is 2.56. The topological polar surface area (TPSA) is 6.48 Å². The van der Waals surface area contributed by atoms with Crippen LogP contribution in [0.2, 0.25) is 0 Å². The van der Waals surface area contributed by atoms with Crippen LogP contribution in [0, 0.1) is 0 Å². The van der Waals surface area contributed by atoms with Crippen LogP contribution in [0.15, 0.2) is 194 Å². The van der Waals surface area contributed by atoms with E-state index >= 15 is 0 Å². The lowest BCUT2D eigenvalue weighted by atomic mass is 9.79. The van der Waals surface area contributed by atoms with Gasteiger partial charge in [-0.25, -0.2) is 0 Å². The smallest absolute Gasteiger partial charge is 0.0540 e. The first-order chi connectivity index (χ1) is 26.1. The van der Waals surface area contributed by atoms with Crippen LogP contribution in [-0.4, -0.2) is 0 Å². The Morgan fingerprint density at radius 2 is 0.887 bits per heavy atom. The van der Waals surface area contributed by atoms with E-state index in [4.69, 9.17) is 0 Å². The summed E-state index contributed by atoms with van der Waals surface area (Å²) < 4.78 is 0. The second-order valence-corrected chi connectivity index (χ2v) is 14.6. The van der Waals surface area contributed by atoms with Crippen molar-refractivity contribution >= 4 is 66.4 Å². The maximum Gasteiger partial charge on any atom is 0.0540 e. The molecular weight excluding hydrogens is 641 g/mol. The number of hydrogen-bond donors (Lipinski definition) is 0. The van der Waals surface area contributed by atoms with Gasteiger partial charge in [-0.05, 0) is 116 Å².